The first kappa shape index (κ1) is 27.1. The molecule has 0 aromatic heterocycles. The van der Waals surface area contributed by atoms with Crippen molar-refractivity contribution in [1.29, 1.82) is 0 Å². The summed E-state index contributed by atoms with van der Waals surface area (Å²) in [6, 6.07) is 14.5. The first-order chi connectivity index (χ1) is 18.7. The molecule has 3 fully saturated rings. The SMILES string of the molecule is C=CCOc1ccc(C2(c3ccc(OCC=C)c(C4CCCCC4)c3)CCCCC2)cc1C1CCCCC1. The third kappa shape index (κ3) is 5.90. The first-order valence-electron chi connectivity index (χ1n) is 15.5. The average molecular weight is 513 g/mol. The molecule has 2 nitrogen and oxygen atoms in total. The molecule has 0 amide bonds. The minimum Gasteiger partial charge on any atom is -0.489 e. The van der Waals surface area contributed by atoms with Gasteiger partial charge in [-0.15, -0.1) is 0 Å². The third-order valence-corrected chi connectivity index (χ3v) is 9.64. The average Bonchev–Trinajstić information content (AvgIpc) is 3.00. The third-order valence-electron chi connectivity index (χ3n) is 9.64. The van der Waals surface area contributed by atoms with Gasteiger partial charge in [0.2, 0.25) is 0 Å². The predicted molar refractivity (Wildman–Crippen MR) is 160 cm³/mol. The van der Waals surface area contributed by atoms with E-state index in [4.69, 9.17) is 9.47 Å². The van der Waals surface area contributed by atoms with E-state index in [9.17, 15) is 0 Å². The summed E-state index contributed by atoms with van der Waals surface area (Å²) in [6.45, 7) is 8.92. The van der Waals surface area contributed by atoms with Crippen LogP contribution in [0.5, 0.6) is 11.5 Å². The Morgan fingerprint density at radius 3 is 1.45 bits per heavy atom. The van der Waals surface area contributed by atoms with Crippen molar-refractivity contribution in [1.82, 2.24) is 0 Å². The summed E-state index contributed by atoms with van der Waals surface area (Å²) >= 11 is 0. The summed E-state index contributed by atoms with van der Waals surface area (Å²) in [4.78, 5) is 0. The minimum absolute atomic E-state index is 0.0685. The molecule has 5 rings (SSSR count). The van der Waals surface area contributed by atoms with Gasteiger partial charge in [0.25, 0.3) is 0 Å². The quantitative estimate of drug-likeness (QED) is 0.295. The van der Waals surface area contributed by atoms with Crippen LogP contribution in [0.3, 0.4) is 0 Å². The molecule has 3 aliphatic carbocycles. The zero-order valence-corrected chi connectivity index (χ0v) is 23.5. The van der Waals surface area contributed by atoms with Gasteiger partial charge < -0.3 is 9.47 Å². The fourth-order valence-electron chi connectivity index (χ4n) is 7.62. The van der Waals surface area contributed by atoms with E-state index >= 15 is 0 Å². The van der Waals surface area contributed by atoms with Crippen LogP contribution < -0.4 is 9.47 Å². The Labute approximate surface area is 231 Å². The van der Waals surface area contributed by atoms with Gasteiger partial charge in [0.1, 0.15) is 24.7 Å². The van der Waals surface area contributed by atoms with Crippen molar-refractivity contribution in [3.05, 3.63) is 84.0 Å². The highest BCUT2D eigenvalue weighted by Gasteiger charge is 2.37. The van der Waals surface area contributed by atoms with Crippen LogP contribution in [-0.4, -0.2) is 13.2 Å². The van der Waals surface area contributed by atoms with Crippen LogP contribution in [0.15, 0.2) is 61.7 Å². The molecule has 0 N–H and O–H groups in total. The molecule has 0 aliphatic heterocycles. The molecule has 0 saturated heterocycles. The summed E-state index contributed by atoms with van der Waals surface area (Å²) < 4.78 is 12.5. The van der Waals surface area contributed by atoms with Crippen molar-refractivity contribution in [3.8, 4) is 11.5 Å². The molecule has 0 atom stereocenters. The maximum Gasteiger partial charge on any atom is 0.123 e. The second-order valence-electron chi connectivity index (χ2n) is 12.0. The Morgan fingerprint density at radius 1 is 0.605 bits per heavy atom. The highest BCUT2D eigenvalue weighted by Crippen LogP contribution is 2.49. The molecule has 2 aromatic rings. The molecule has 38 heavy (non-hydrogen) atoms. The van der Waals surface area contributed by atoms with Crippen LogP contribution in [0.2, 0.25) is 0 Å². The molecule has 2 aromatic carbocycles. The largest absolute Gasteiger partial charge is 0.489 e. The number of benzene rings is 2. The van der Waals surface area contributed by atoms with Crippen LogP contribution >= 0.6 is 0 Å². The Kier molecular flexibility index (Phi) is 9.31. The lowest BCUT2D eigenvalue weighted by molar-refractivity contribution is 0.333. The summed E-state index contributed by atoms with van der Waals surface area (Å²) in [7, 11) is 0. The molecule has 0 bridgehead atoms. The van der Waals surface area contributed by atoms with Crippen molar-refractivity contribution >= 4 is 0 Å². The second-order valence-corrected chi connectivity index (χ2v) is 12.0. The van der Waals surface area contributed by atoms with Crippen molar-refractivity contribution in [2.75, 3.05) is 13.2 Å². The van der Waals surface area contributed by atoms with Gasteiger partial charge in [-0.05, 0) is 84.7 Å². The van der Waals surface area contributed by atoms with Gasteiger partial charge in [-0.25, -0.2) is 0 Å². The maximum atomic E-state index is 6.23. The summed E-state index contributed by atoms with van der Waals surface area (Å²) in [5.41, 5.74) is 5.94. The lowest BCUT2D eigenvalue weighted by Crippen LogP contribution is -2.31. The van der Waals surface area contributed by atoms with E-state index in [1.54, 1.807) is 0 Å². The minimum atomic E-state index is 0.0685. The Morgan fingerprint density at radius 2 is 1.03 bits per heavy atom. The van der Waals surface area contributed by atoms with Crippen molar-refractivity contribution in [2.45, 2.75) is 114 Å². The molecule has 0 heterocycles. The highest BCUT2D eigenvalue weighted by molar-refractivity contribution is 5.50. The molecule has 2 heteroatoms. The number of hydrogen-bond acceptors (Lipinski definition) is 2. The molecule has 3 saturated carbocycles. The maximum absolute atomic E-state index is 6.23. The number of rotatable bonds is 10. The predicted octanol–water partition coefficient (Wildman–Crippen LogP) is 10.2. The molecule has 0 spiro atoms. The van der Waals surface area contributed by atoms with Crippen molar-refractivity contribution in [3.63, 3.8) is 0 Å². The van der Waals surface area contributed by atoms with Gasteiger partial charge in [0.05, 0.1) is 0 Å². The fraction of sp³-hybridized carbons (Fsp3) is 0.556. The zero-order chi connectivity index (χ0) is 26.2. The Bertz CT molecular complexity index is 985. The van der Waals surface area contributed by atoms with Crippen LogP contribution in [0.25, 0.3) is 0 Å². The Hall–Kier alpha value is -2.48. The van der Waals surface area contributed by atoms with E-state index in [2.05, 4.69) is 49.6 Å². The van der Waals surface area contributed by atoms with Gasteiger partial charge >= 0.3 is 0 Å². The van der Waals surface area contributed by atoms with E-state index in [-0.39, 0.29) is 5.41 Å². The molecule has 0 radical (unpaired) electrons. The summed E-state index contributed by atoms with van der Waals surface area (Å²) in [5.74, 6) is 3.36. The summed E-state index contributed by atoms with van der Waals surface area (Å²) in [6.07, 6.45) is 23.3. The lowest BCUT2D eigenvalue weighted by atomic mass is 9.64. The van der Waals surface area contributed by atoms with E-state index in [0.717, 1.165) is 11.5 Å². The van der Waals surface area contributed by atoms with Crippen molar-refractivity contribution in [2.24, 2.45) is 0 Å². The zero-order valence-electron chi connectivity index (χ0n) is 23.5. The summed E-state index contributed by atoms with van der Waals surface area (Å²) in [5, 5.41) is 0. The van der Waals surface area contributed by atoms with Crippen LogP contribution in [0.4, 0.5) is 0 Å². The second kappa shape index (κ2) is 13.0. The van der Waals surface area contributed by atoms with Crippen LogP contribution in [0.1, 0.15) is 130 Å². The fourth-order valence-corrected chi connectivity index (χ4v) is 7.62. The van der Waals surface area contributed by atoms with Gasteiger partial charge in [-0.2, -0.15) is 0 Å². The molecule has 0 unspecified atom stereocenters. The highest BCUT2D eigenvalue weighted by atomic mass is 16.5. The van der Waals surface area contributed by atoms with Gasteiger partial charge in [-0.3, -0.25) is 0 Å². The van der Waals surface area contributed by atoms with Crippen LogP contribution in [0, 0.1) is 0 Å². The van der Waals surface area contributed by atoms with Gasteiger partial charge in [0, 0.05) is 5.41 Å². The van der Waals surface area contributed by atoms with E-state index in [1.807, 2.05) is 12.2 Å². The number of ether oxygens (including phenoxy) is 2. The lowest BCUT2D eigenvalue weighted by Gasteiger charge is -2.40. The van der Waals surface area contributed by atoms with Gasteiger partial charge in [0.15, 0.2) is 0 Å². The first-order valence-corrected chi connectivity index (χ1v) is 15.5. The topological polar surface area (TPSA) is 18.5 Å². The monoisotopic (exact) mass is 512 g/mol. The molecular formula is C36H48O2. The van der Waals surface area contributed by atoms with E-state index in [0.29, 0.717) is 25.0 Å². The molecule has 204 valence electrons. The van der Waals surface area contributed by atoms with Crippen LogP contribution in [-0.2, 0) is 5.41 Å². The Balaban J connectivity index is 1.58. The van der Waals surface area contributed by atoms with E-state index in [1.165, 1.54) is 119 Å². The molecular weight excluding hydrogens is 464 g/mol. The van der Waals surface area contributed by atoms with Crippen molar-refractivity contribution < 1.29 is 9.47 Å². The van der Waals surface area contributed by atoms with E-state index < -0.39 is 0 Å². The molecule has 3 aliphatic rings. The van der Waals surface area contributed by atoms with Gasteiger partial charge in [-0.1, -0.05) is 107 Å². The smallest absolute Gasteiger partial charge is 0.123 e. The standard InChI is InChI=1S/C36H48O2/c1-3-24-37-34-20-18-30(26-32(34)28-14-8-5-9-15-28)36(22-12-7-13-23-36)31-19-21-35(38-25-4-2)33(27-31)29-16-10-6-11-17-29/h3-4,18-21,26-29H,1-2,5-17,22-25H2. The normalized spacial score (nSPS) is 20.5. The number of hydrogen-bond donors (Lipinski definition) is 0.